The van der Waals surface area contributed by atoms with E-state index in [1.54, 1.807) is 12.4 Å². The molecule has 1 aromatic heterocycles. The lowest BCUT2D eigenvalue weighted by Gasteiger charge is -2.09. The number of hydrogen-bond acceptors (Lipinski definition) is 3. The van der Waals surface area contributed by atoms with Crippen LogP contribution in [0, 0.1) is 0 Å². The fraction of sp³-hybridized carbons (Fsp3) is 0.400. The van der Waals surface area contributed by atoms with E-state index in [9.17, 15) is 4.79 Å². The van der Waals surface area contributed by atoms with Gasteiger partial charge in [0.25, 0.3) is 0 Å². The second-order valence-electron chi connectivity index (χ2n) is 3.12. The number of carbonyl (C=O) groups is 1. The number of pyridine rings is 1. The van der Waals surface area contributed by atoms with Crippen molar-refractivity contribution in [1.82, 2.24) is 4.98 Å². The van der Waals surface area contributed by atoms with E-state index in [-0.39, 0.29) is 11.9 Å². The molecular weight excluding hydrogens is 246 g/mol. The van der Waals surface area contributed by atoms with Crippen molar-refractivity contribution >= 4 is 21.9 Å². The molecule has 0 saturated heterocycles. The maximum atomic E-state index is 11.0. The summed E-state index contributed by atoms with van der Waals surface area (Å²) in [6.07, 6.45) is 3.86. The first-order valence-corrected chi connectivity index (χ1v) is 5.10. The number of hydrogen-bond donors (Lipinski definition) is 0. The smallest absolute Gasteiger partial charge is 0.306 e. The van der Waals surface area contributed by atoms with Crippen molar-refractivity contribution in [2.75, 3.05) is 7.11 Å². The summed E-state index contributed by atoms with van der Waals surface area (Å²) in [5, 5.41) is 0. The van der Waals surface area contributed by atoms with Gasteiger partial charge in [0.05, 0.1) is 13.5 Å². The van der Waals surface area contributed by atoms with Crippen LogP contribution in [0.1, 0.15) is 24.8 Å². The second-order valence-corrected chi connectivity index (χ2v) is 4.03. The van der Waals surface area contributed by atoms with Crippen LogP contribution in [0.5, 0.6) is 0 Å². The Labute approximate surface area is 91.6 Å². The molecule has 0 aliphatic heterocycles. The zero-order chi connectivity index (χ0) is 10.6. The zero-order valence-electron chi connectivity index (χ0n) is 8.16. The van der Waals surface area contributed by atoms with E-state index in [0.717, 1.165) is 10.0 Å². The van der Waals surface area contributed by atoms with Crippen LogP contribution in [-0.4, -0.2) is 18.1 Å². The number of methoxy groups -OCH3 is 1. The number of esters is 1. The third kappa shape index (κ3) is 3.10. The molecule has 0 aromatic carbocycles. The molecule has 76 valence electrons. The van der Waals surface area contributed by atoms with Crippen molar-refractivity contribution in [1.29, 1.82) is 0 Å². The highest BCUT2D eigenvalue weighted by Gasteiger charge is 2.11. The molecule has 0 unspecified atom stereocenters. The summed E-state index contributed by atoms with van der Waals surface area (Å²) in [7, 11) is 1.40. The predicted octanol–water partition coefficient (Wildman–Crippen LogP) is 2.51. The molecule has 3 nitrogen and oxygen atoms in total. The number of ether oxygens (including phenoxy) is 1. The topological polar surface area (TPSA) is 39.2 Å². The lowest BCUT2D eigenvalue weighted by molar-refractivity contribution is -0.140. The van der Waals surface area contributed by atoms with Crippen LogP contribution < -0.4 is 0 Å². The number of aromatic nitrogens is 1. The lowest BCUT2D eigenvalue weighted by Crippen LogP contribution is -2.06. The van der Waals surface area contributed by atoms with Crippen LogP contribution in [0.3, 0.4) is 0 Å². The van der Waals surface area contributed by atoms with E-state index in [0.29, 0.717) is 6.42 Å². The first-order valence-electron chi connectivity index (χ1n) is 4.30. The van der Waals surface area contributed by atoms with Gasteiger partial charge in [-0.1, -0.05) is 6.92 Å². The number of rotatable bonds is 3. The van der Waals surface area contributed by atoms with E-state index in [4.69, 9.17) is 0 Å². The van der Waals surface area contributed by atoms with Crippen LogP contribution in [-0.2, 0) is 9.53 Å². The van der Waals surface area contributed by atoms with Crippen molar-refractivity contribution in [2.45, 2.75) is 19.3 Å². The molecule has 0 aliphatic carbocycles. The highest BCUT2D eigenvalue weighted by Crippen LogP contribution is 2.21. The summed E-state index contributed by atoms with van der Waals surface area (Å²) in [6, 6.07) is 1.96. The first kappa shape index (κ1) is 11.2. The van der Waals surface area contributed by atoms with Gasteiger partial charge in [-0.15, -0.1) is 0 Å². The molecule has 1 aromatic rings. The standard InChI is InChI=1S/C10H12BrNO2/c1-7(3-10(13)14-2)8-4-9(11)6-12-5-8/h4-7H,3H2,1-2H3/t7-/m1/s1. The van der Waals surface area contributed by atoms with Crippen molar-refractivity contribution in [3.05, 3.63) is 28.5 Å². The first-order chi connectivity index (χ1) is 6.63. The third-order valence-corrected chi connectivity index (χ3v) is 2.43. The predicted molar refractivity (Wildman–Crippen MR) is 57.0 cm³/mol. The number of carbonyl (C=O) groups excluding carboxylic acids is 1. The highest BCUT2D eigenvalue weighted by molar-refractivity contribution is 9.10. The van der Waals surface area contributed by atoms with Gasteiger partial charge in [-0.3, -0.25) is 9.78 Å². The minimum Gasteiger partial charge on any atom is -0.469 e. The van der Waals surface area contributed by atoms with Crippen molar-refractivity contribution in [3.63, 3.8) is 0 Å². The Morgan fingerprint density at radius 2 is 2.36 bits per heavy atom. The maximum Gasteiger partial charge on any atom is 0.306 e. The molecule has 1 atom stereocenters. The van der Waals surface area contributed by atoms with Crippen LogP contribution in [0.25, 0.3) is 0 Å². The Bertz CT molecular complexity index is 328. The molecule has 0 radical (unpaired) electrons. The van der Waals surface area contributed by atoms with Crippen LogP contribution >= 0.6 is 15.9 Å². The SMILES string of the molecule is COC(=O)C[C@@H](C)c1cncc(Br)c1. The fourth-order valence-electron chi connectivity index (χ4n) is 1.15. The van der Waals surface area contributed by atoms with E-state index in [1.807, 2.05) is 13.0 Å². The van der Waals surface area contributed by atoms with Gasteiger partial charge < -0.3 is 4.74 Å². The Balaban J connectivity index is 2.69. The van der Waals surface area contributed by atoms with E-state index < -0.39 is 0 Å². The monoisotopic (exact) mass is 257 g/mol. The molecule has 0 spiro atoms. The summed E-state index contributed by atoms with van der Waals surface area (Å²) in [5.41, 5.74) is 1.03. The molecule has 1 rings (SSSR count). The van der Waals surface area contributed by atoms with Crippen molar-refractivity contribution in [3.8, 4) is 0 Å². The average Bonchev–Trinajstić information content (AvgIpc) is 2.17. The molecule has 0 saturated carbocycles. The van der Waals surface area contributed by atoms with Gasteiger partial charge in [-0.25, -0.2) is 0 Å². The van der Waals surface area contributed by atoms with E-state index in [1.165, 1.54) is 7.11 Å². The van der Waals surface area contributed by atoms with Gasteiger partial charge in [0.2, 0.25) is 0 Å². The van der Waals surface area contributed by atoms with Crippen LogP contribution in [0.2, 0.25) is 0 Å². The van der Waals surface area contributed by atoms with Gasteiger partial charge in [-0.05, 0) is 33.5 Å². The normalized spacial score (nSPS) is 12.2. The average molecular weight is 258 g/mol. The van der Waals surface area contributed by atoms with Crippen molar-refractivity contribution < 1.29 is 9.53 Å². The molecule has 0 fully saturated rings. The second kappa shape index (κ2) is 5.10. The Morgan fingerprint density at radius 3 is 2.93 bits per heavy atom. The summed E-state index contributed by atoms with van der Waals surface area (Å²) in [6.45, 7) is 1.97. The van der Waals surface area contributed by atoms with E-state index in [2.05, 4.69) is 25.7 Å². The van der Waals surface area contributed by atoms with Gasteiger partial charge in [0.1, 0.15) is 0 Å². The van der Waals surface area contributed by atoms with Gasteiger partial charge in [0.15, 0.2) is 0 Å². The highest BCUT2D eigenvalue weighted by atomic mass is 79.9. The molecule has 0 N–H and O–H groups in total. The third-order valence-electron chi connectivity index (χ3n) is 2.00. The molecule has 4 heteroatoms. The summed E-state index contributed by atoms with van der Waals surface area (Å²) in [4.78, 5) is 15.1. The van der Waals surface area contributed by atoms with Crippen LogP contribution in [0.15, 0.2) is 22.9 Å². The summed E-state index contributed by atoms with van der Waals surface area (Å²) >= 11 is 3.34. The Kier molecular flexibility index (Phi) is 4.07. The largest absolute Gasteiger partial charge is 0.469 e. The molecule has 1 heterocycles. The minimum absolute atomic E-state index is 0.132. The lowest BCUT2D eigenvalue weighted by atomic mass is 10.00. The van der Waals surface area contributed by atoms with Gasteiger partial charge in [0, 0.05) is 16.9 Å². The summed E-state index contributed by atoms with van der Waals surface area (Å²) in [5.74, 6) is -0.0649. The molecule has 0 bridgehead atoms. The fourth-order valence-corrected chi connectivity index (χ4v) is 1.53. The molecule has 0 aliphatic rings. The van der Waals surface area contributed by atoms with Gasteiger partial charge in [-0.2, -0.15) is 0 Å². The van der Waals surface area contributed by atoms with Crippen molar-refractivity contribution in [2.24, 2.45) is 0 Å². The quantitative estimate of drug-likeness (QED) is 0.782. The minimum atomic E-state index is -0.197. The number of nitrogens with zero attached hydrogens (tertiary/aromatic N) is 1. The summed E-state index contributed by atoms with van der Waals surface area (Å²) < 4.78 is 5.52. The van der Waals surface area contributed by atoms with Crippen LogP contribution in [0.4, 0.5) is 0 Å². The molecule has 14 heavy (non-hydrogen) atoms. The van der Waals surface area contributed by atoms with Gasteiger partial charge >= 0.3 is 5.97 Å². The Hall–Kier alpha value is -0.900. The molecule has 0 amide bonds. The Morgan fingerprint density at radius 1 is 1.64 bits per heavy atom. The zero-order valence-corrected chi connectivity index (χ0v) is 9.74. The van der Waals surface area contributed by atoms with E-state index >= 15 is 0 Å². The number of halogens is 1. The molecular formula is C10H12BrNO2. The maximum absolute atomic E-state index is 11.0.